The van der Waals surface area contributed by atoms with Gasteiger partial charge in [0.2, 0.25) is 0 Å². The van der Waals surface area contributed by atoms with E-state index in [1.807, 2.05) is 37.3 Å². The van der Waals surface area contributed by atoms with Gasteiger partial charge in [0.1, 0.15) is 16.8 Å². The standard InChI is InChI=1S/C21H17ClN4O2/c1-2-28-16-10-8-15(9-11-16)26-24-19-12-7-14(13-20(19)25-26)23-21(27)17-5-3-4-6-18(17)22/h3-13H,2H2,1H3,(H,23,27). The van der Waals surface area contributed by atoms with Crippen LogP contribution in [-0.2, 0) is 0 Å². The first-order chi connectivity index (χ1) is 13.6. The maximum Gasteiger partial charge on any atom is 0.257 e. The van der Waals surface area contributed by atoms with Gasteiger partial charge in [-0.25, -0.2) is 0 Å². The predicted octanol–water partition coefficient (Wildman–Crippen LogP) is 4.72. The molecule has 4 aromatic rings. The molecule has 0 spiro atoms. The second-order valence-electron chi connectivity index (χ2n) is 6.05. The molecule has 1 N–H and O–H groups in total. The van der Waals surface area contributed by atoms with Gasteiger partial charge < -0.3 is 10.1 Å². The molecule has 0 atom stereocenters. The van der Waals surface area contributed by atoms with E-state index < -0.39 is 0 Å². The highest BCUT2D eigenvalue weighted by atomic mass is 35.5. The van der Waals surface area contributed by atoms with E-state index >= 15 is 0 Å². The average Bonchev–Trinajstić information content (AvgIpc) is 3.12. The molecule has 1 heterocycles. The molecule has 140 valence electrons. The molecule has 0 radical (unpaired) electrons. The normalized spacial score (nSPS) is 10.8. The lowest BCUT2D eigenvalue weighted by molar-refractivity contribution is 0.102. The van der Waals surface area contributed by atoms with E-state index in [1.54, 1.807) is 41.2 Å². The molecular formula is C21H17ClN4O2. The molecular weight excluding hydrogens is 376 g/mol. The van der Waals surface area contributed by atoms with Crippen LogP contribution in [-0.4, -0.2) is 27.5 Å². The Bertz CT molecular complexity index is 1140. The topological polar surface area (TPSA) is 69.0 Å². The summed E-state index contributed by atoms with van der Waals surface area (Å²) in [6, 6.07) is 19.8. The number of halogens is 1. The number of rotatable bonds is 5. The third kappa shape index (κ3) is 3.68. The number of aromatic nitrogens is 3. The first kappa shape index (κ1) is 18.0. The zero-order chi connectivity index (χ0) is 19.5. The van der Waals surface area contributed by atoms with Crippen molar-refractivity contribution >= 4 is 34.2 Å². The van der Waals surface area contributed by atoms with Crippen LogP contribution in [0.3, 0.4) is 0 Å². The van der Waals surface area contributed by atoms with E-state index in [-0.39, 0.29) is 5.91 Å². The van der Waals surface area contributed by atoms with E-state index in [9.17, 15) is 4.79 Å². The molecule has 0 bridgehead atoms. The first-order valence-electron chi connectivity index (χ1n) is 8.80. The maximum absolute atomic E-state index is 12.4. The Hall–Kier alpha value is -3.38. The molecule has 4 rings (SSSR count). The molecule has 0 unspecified atom stereocenters. The van der Waals surface area contributed by atoms with Gasteiger partial charge in [-0.2, -0.15) is 4.80 Å². The highest BCUT2D eigenvalue weighted by Crippen LogP contribution is 2.21. The summed E-state index contributed by atoms with van der Waals surface area (Å²) >= 11 is 6.09. The summed E-state index contributed by atoms with van der Waals surface area (Å²) in [5.41, 5.74) is 3.26. The van der Waals surface area contributed by atoms with Crippen LogP contribution >= 0.6 is 11.6 Å². The summed E-state index contributed by atoms with van der Waals surface area (Å²) < 4.78 is 5.45. The van der Waals surface area contributed by atoms with Crippen molar-refractivity contribution in [2.45, 2.75) is 6.92 Å². The van der Waals surface area contributed by atoms with Gasteiger partial charge in [0.25, 0.3) is 5.91 Å². The summed E-state index contributed by atoms with van der Waals surface area (Å²) in [5, 5.41) is 12.2. The first-order valence-corrected chi connectivity index (χ1v) is 9.18. The van der Waals surface area contributed by atoms with E-state index in [2.05, 4.69) is 15.5 Å². The molecule has 0 saturated heterocycles. The lowest BCUT2D eigenvalue weighted by Crippen LogP contribution is -2.12. The Kier molecular flexibility index (Phi) is 4.95. The SMILES string of the molecule is CCOc1ccc(-n2nc3ccc(NC(=O)c4ccccc4Cl)cc3n2)cc1. The van der Waals surface area contributed by atoms with Gasteiger partial charge in [-0.15, -0.1) is 10.2 Å². The second-order valence-corrected chi connectivity index (χ2v) is 6.46. The molecule has 7 heteroatoms. The zero-order valence-electron chi connectivity index (χ0n) is 15.1. The van der Waals surface area contributed by atoms with Gasteiger partial charge in [0.15, 0.2) is 0 Å². The number of carbonyl (C=O) groups is 1. The van der Waals surface area contributed by atoms with Crippen LogP contribution < -0.4 is 10.1 Å². The number of nitrogens with one attached hydrogen (secondary N) is 1. The fourth-order valence-electron chi connectivity index (χ4n) is 2.79. The van der Waals surface area contributed by atoms with Crippen molar-refractivity contribution < 1.29 is 9.53 Å². The third-order valence-corrected chi connectivity index (χ3v) is 4.46. The van der Waals surface area contributed by atoms with Crippen LogP contribution in [0.2, 0.25) is 5.02 Å². The molecule has 0 aliphatic rings. The van der Waals surface area contributed by atoms with E-state index in [0.717, 1.165) is 17.0 Å². The van der Waals surface area contributed by atoms with Crippen LogP contribution in [0.25, 0.3) is 16.7 Å². The number of nitrogens with zero attached hydrogens (tertiary/aromatic N) is 3. The zero-order valence-corrected chi connectivity index (χ0v) is 15.8. The van der Waals surface area contributed by atoms with Gasteiger partial charge in [0.05, 0.1) is 22.9 Å². The minimum absolute atomic E-state index is 0.274. The Morgan fingerprint density at radius 2 is 1.79 bits per heavy atom. The fraction of sp³-hybridized carbons (Fsp3) is 0.0952. The van der Waals surface area contributed by atoms with E-state index in [4.69, 9.17) is 16.3 Å². The van der Waals surface area contributed by atoms with Crippen molar-refractivity contribution in [2.75, 3.05) is 11.9 Å². The summed E-state index contributed by atoms with van der Waals surface area (Å²) in [7, 11) is 0. The monoisotopic (exact) mass is 392 g/mol. The number of ether oxygens (including phenoxy) is 1. The average molecular weight is 393 g/mol. The van der Waals surface area contributed by atoms with E-state index in [1.165, 1.54) is 0 Å². The van der Waals surface area contributed by atoms with Crippen molar-refractivity contribution in [1.29, 1.82) is 0 Å². The van der Waals surface area contributed by atoms with Crippen LogP contribution in [0.15, 0.2) is 66.7 Å². The minimum Gasteiger partial charge on any atom is -0.494 e. The van der Waals surface area contributed by atoms with Gasteiger partial charge in [0, 0.05) is 5.69 Å². The molecule has 28 heavy (non-hydrogen) atoms. The summed E-state index contributed by atoms with van der Waals surface area (Å²) in [6.45, 7) is 2.56. The molecule has 0 fully saturated rings. The predicted molar refractivity (Wildman–Crippen MR) is 109 cm³/mol. The third-order valence-electron chi connectivity index (χ3n) is 4.14. The Morgan fingerprint density at radius 3 is 2.54 bits per heavy atom. The minimum atomic E-state index is -0.274. The van der Waals surface area contributed by atoms with Crippen LogP contribution in [0.4, 0.5) is 5.69 Å². The molecule has 0 aliphatic heterocycles. The molecule has 1 aromatic heterocycles. The summed E-state index contributed by atoms with van der Waals surface area (Å²) in [6.07, 6.45) is 0. The largest absolute Gasteiger partial charge is 0.494 e. The van der Waals surface area contributed by atoms with E-state index in [0.29, 0.717) is 28.4 Å². The maximum atomic E-state index is 12.4. The summed E-state index contributed by atoms with van der Waals surface area (Å²) in [5.74, 6) is 0.524. The van der Waals surface area contributed by atoms with Crippen molar-refractivity contribution in [3.63, 3.8) is 0 Å². The number of carbonyl (C=O) groups excluding carboxylic acids is 1. The van der Waals surface area contributed by atoms with Crippen molar-refractivity contribution in [2.24, 2.45) is 0 Å². The van der Waals surface area contributed by atoms with Gasteiger partial charge in [-0.05, 0) is 61.5 Å². The number of anilines is 1. The lowest BCUT2D eigenvalue weighted by atomic mass is 10.2. The summed E-state index contributed by atoms with van der Waals surface area (Å²) in [4.78, 5) is 14.0. The van der Waals surface area contributed by atoms with Crippen LogP contribution in [0.5, 0.6) is 5.75 Å². The fourth-order valence-corrected chi connectivity index (χ4v) is 3.02. The molecule has 3 aromatic carbocycles. The number of amides is 1. The number of hydrogen-bond donors (Lipinski definition) is 1. The van der Waals surface area contributed by atoms with Crippen LogP contribution in [0.1, 0.15) is 17.3 Å². The van der Waals surface area contributed by atoms with Gasteiger partial charge in [-0.3, -0.25) is 4.79 Å². The number of benzene rings is 3. The second kappa shape index (κ2) is 7.70. The molecule has 0 aliphatic carbocycles. The Labute approximate surface area is 166 Å². The number of fused-ring (bicyclic) bond motifs is 1. The number of hydrogen-bond acceptors (Lipinski definition) is 4. The molecule has 1 amide bonds. The van der Waals surface area contributed by atoms with Crippen molar-refractivity contribution in [3.05, 3.63) is 77.3 Å². The van der Waals surface area contributed by atoms with Crippen molar-refractivity contribution in [3.8, 4) is 11.4 Å². The van der Waals surface area contributed by atoms with Gasteiger partial charge in [-0.1, -0.05) is 23.7 Å². The highest BCUT2D eigenvalue weighted by molar-refractivity contribution is 6.34. The Balaban J connectivity index is 1.58. The molecule has 0 saturated carbocycles. The van der Waals surface area contributed by atoms with Crippen LogP contribution in [0, 0.1) is 0 Å². The van der Waals surface area contributed by atoms with Gasteiger partial charge >= 0.3 is 0 Å². The quantitative estimate of drug-likeness (QED) is 0.533. The van der Waals surface area contributed by atoms with Crippen molar-refractivity contribution in [1.82, 2.24) is 15.0 Å². The smallest absolute Gasteiger partial charge is 0.257 e. The Morgan fingerprint density at radius 1 is 1.04 bits per heavy atom. The highest BCUT2D eigenvalue weighted by Gasteiger charge is 2.11. The molecule has 6 nitrogen and oxygen atoms in total. The lowest BCUT2D eigenvalue weighted by Gasteiger charge is -2.06.